The van der Waals surface area contributed by atoms with Gasteiger partial charge in [0.1, 0.15) is 11.4 Å². The van der Waals surface area contributed by atoms with Crippen LogP contribution in [0.25, 0.3) is 11.0 Å². The molecule has 0 amide bonds. The predicted molar refractivity (Wildman–Crippen MR) is 88.1 cm³/mol. The minimum atomic E-state index is -0.256. The molecule has 7 heteroatoms. The van der Waals surface area contributed by atoms with Gasteiger partial charge < -0.3 is 4.74 Å². The molecule has 3 rings (SSSR count). The van der Waals surface area contributed by atoms with Crippen LogP contribution in [0.3, 0.4) is 0 Å². The average Bonchev–Trinajstić information content (AvgIpc) is 2.54. The Morgan fingerprint density at radius 1 is 1.27 bits per heavy atom. The van der Waals surface area contributed by atoms with E-state index in [1.54, 1.807) is 43.6 Å². The van der Waals surface area contributed by atoms with Crippen LogP contribution in [0.2, 0.25) is 5.02 Å². The molecule has 3 aromatic rings. The molecule has 0 aliphatic heterocycles. The van der Waals surface area contributed by atoms with E-state index in [1.165, 1.54) is 16.3 Å². The van der Waals surface area contributed by atoms with Gasteiger partial charge in [-0.1, -0.05) is 23.4 Å². The molecule has 0 saturated carbocycles. The summed E-state index contributed by atoms with van der Waals surface area (Å²) in [4.78, 5) is 21.0. The van der Waals surface area contributed by atoms with Crippen molar-refractivity contribution in [2.45, 2.75) is 5.16 Å². The summed E-state index contributed by atoms with van der Waals surface area (Å²) >= 11 is 7.26. The monoisotopic (exact) mass is 333 g/mol. The first-order valence-corrected chi connectivity index (χ1v) is 8.03. The fourth-order valence-electron chi connectivity index (χ4n) is 2.00. The van der Waals surface area contributed by atoms with Crippen LogP contribution in [0.15, 0.2) is 46.5 Å². The number of pyridine rings is 1. The number of benzene rings is 1. The molecule has 0 N–H and O–H groups in total. The van der Waals surface area contributed by atoms with E-state index in [2.05, 4.69) is 9.97 Å². The van der Waals surface area contributed by atoms with Crippen LogP contribution in [0.4, 0.5) is 0 Å². The Morgan fingerprint density at radius 2 is 2.00 bits per heavy atom. The number of nitrogens with zero attached hydrogens (tertiary/aromatic N) is 3. The van der Waals surface area contributed by atoms with Crippen molar-refractivity contribution in [3.8, 4) is 11.5 Å². The molecule has 0 spiro atoms. The van der Waals surface area contributed by atoms with Crippen LogP contribution in [-0.2, 0) is 7.05 Å². The summed E-state index contributed by atoms with van der Waals surface area (Å²) in [5, 5.41) is 1.97. The number of aryl methyl sites for hydroxylation is 1. The molecule has 0 saturated heterocycles. The van der Waals surface area contributed by atoms with Gasteiger partial charge in [0.2, 0.25) is 0 Å². The van der Waals surface area contributed by atoms with E-state index in [-0.39, 0.29) is 11.3 Å². The number of halogens is 1. The Hall–Kier alpha value is -2.05. The molecule has 5 nitrogen and oxygen atoms in total. The molecular formula is C15H12ClN3O2S. The maximum Gasteiger partial charge on any atom is 0.294 e. The molecule has 0 aliphatic rings. The number of thioether (sulfide) groups is 1. The third-order valence-corrected chi connectivity index (χ3v) is 3.93. The fraction of sp³-hybridized carbons (Fsp3) is 0.133. The lowest BCUT2D eigenvalue weighted by molar-refractivity contribution is 0.471. The standard InChI is InChI=1S/C15H12ClN3O2S/c1-19-13-9(8-17-15(18-13)22-2)7-12(14(19)20)21-11-5-3-10(16)4-6-11/h3-8H,1-2H3. The summed E-state index contributed by atoms with van der Waals surface area (Å²) in [6.07, 6.45) is 3.57. The van der Waals surface area contributed by atoms with E-state index in [0.717, 1.165) is 5.39 Å². The van der Waals surface area contributed by atoms with Crippen molar-refractivity contribution in [2.75, 3.05) is 6.26 Å². The van der Waals surface area contributed by atoms with Gasteiger partial charge in [-0.25, -0.2) is 9.97 Å². The van der Waals surface area contributed by atoms with Crippen molar-refractivity contribution < 1.29 is 4.74 Å². The Morgan fingerprint density at radius 3 is 2.68 bits per heavy atom. The molecule has 2 heterocycles. The van der Waals surface area contributed by atoms with Crippen molar-refractivity contribution in [3.05, 3.63) is 51.9 Å². The lowest BCUT2D eigenvalue weighted by atomic mass is 10.3. The van der Waals surface area contributed by atoms with Crippen molar-refractivity contribution in [2.24, 2.45) is 7.05 Å². The zero-order valence-corrected chi connectivity index (χ0v) is 13.5. The molecular weight excluding hydrogens is 322 g/mol. The predicted octanol–water partition coefficient (Wildman–Crippen LogP) is 3.50. The molecule has 0 radical (unpaired) electrons. The van der Waals surface area contributed by atoms with E-state index in [1.807, 2.05) is 6.26 Å². The van der Waals surface area contributed by atoms with Gasteiger partial charge in [0.15, 0.2) is 10.9 Å². The zero-order valence-electron chi connectivity index (χ0n) is 11.9. The largest absolute Gasteiger partial charge is 0.452 e. The van der Waals surface area contributed by atoms with E-state index >= 15 is 0 Å². The summed E-state index contributed by atoms with van der Waals surface area (Å²) in [5.74, 6) is 0.764. The zero-order chi connectivity index (χ0) is 15.7. The van der Waals surface area contributed by atoms with Crippen LogP contribution in [0.1, 0.15) is 0 Å². The Labute approximate surface area is 135 Å². The minimum absolute atomic E-state index is 0.220. The summed E-state index contributed by atoms with van der Waals surface area (Å²) in [5.41, 5.74) is 0.320. The van der Waals surface area contributed by atoms with E-state index in [9.17, 15) is 4.79 Å². The maximum atomic E-state index is 12.4. The second-order valence-corrected chi connectivity index (χ2v) is 5.77. The van der Waals surface area contributed by atoms with Crippen LogP contribution < -0.4 is 10.3 Å². The van der Waals surface area contributed by atoms with Gasteiger partial charge in [-0.2, -0.15) is 0 Å². The first-order chi connectivity index (χ1) is 10.6. The number of ether oxygens (including phenoxy) is 1. The molecule has 1 aromatic carbocycles. The molecule has 22 heavy (non-hydrogen) atoms. The maximum absolute atomic E-state index is 12.4. The highest BCUT2D eigenvalue weighted by Gasteiger charge is 2.11. The third kappa shape index (κ3) is 2.80. The van der Waals surface area contributed by atoms with Gasteiger partial charge in [-0.05, 0) is 36.6 Å². The van der Waals surface area contributed by atoms with Gasteiger partial charge in [0.05, 0.1) is 0 Å². The number of hydrogen-bond donors (Lipinski definition) is 0. The molecule has 0 unspecified atom stereocenters. The Balaban J connectivity index is 2.09. The lowest BCUT2D eigenvalue weighted by Crippen LogP contribution is -2.19. The van der Waals surface area contributed by atoms with Gasteiger partial charge >= 0.3 is 0 Å². The number of aromatic nitrogens is 3. The van der Waals surface area contributed by atoms with Crippen molar-refractivity contribution in [1.29, 1.82) is 0 Å². The second kappa shape index (κ2) is 5.98. The summed E-state index contributed by atoms with van der Waals surface area (Å²) < 4.78 is 7.12. The molecule has 0 bridgehead atoms. The third-order valence-electron chi connectivity index (χ3n) is 3.12. The van der Waals surface area contributed by atoms with Gasteiger partial charge in [-0.3, -0.25) is 9.36 Å². The highest BCUT2D eigenvalue weighted by molar-refractivity contribution is 7.98. The number of rotatable bonds is 3. The number of fused-ring (bicyclic) bond motifs is 1. The Kier molecular flexibility index (Phi) is 4.04. The highest BCUT2D eigenvalue weighted by atomic mass is 35.5. The van der Waals surface area contributed by atoms with Gasteiger partial charge in [0, 0.05) is 23.7 Å². The first-order valence-electron chi connectivity index (χ1n) is 6.42. The Bertz CT molecular complexity index is 894. The van der Waals surface area contributed by atoms with E-state index < -0.39 is 0 Å². The SMILES string of the molecule is CSc1ncc2cc(Oc3ccc(Cl)cc3)c(=O)n(C)c2n1. The van der Waals surface area contributed by atoms with Crippen LogP contribution in [0.5, 0.6) is 11.5 Å². The first kappa shape index (κ1) is 14.9. The second-order valence-electron chi connectivity index (χ2n) is 4.56. The van der Waals surface area contributed by atoms with Crippen LogP contribution >= 0.6 is 23.4 Å². The molecule has 112 valence electrons. The van der Waals surface area contributed by atoms with Crippen molar-refractivity contribution >= 4 is 34.4 Å². The van der Waals surface area contributed by atoms with Crippen molar-refractivity contribution in [1.82, 2.24) is 14.5 Å². The topological polar surface area (TPSA) is 57.0 Å². The van der Waals surface area contributed by atoms with E-state index in [4.69, 9.17) is 16.3 Å². The summed E-state index contributed by atoms with van der Waals surface area (Å²) in [6.45, 7) is 0. The smallest absolute Gasteiger partial charge is 0.294 e. The van der Waals surface area contributed by atoms with Crippen LogP contribution in [0, 0.1) is 0 Å². The average molecular weight is 334 g/mol. The fourth-order valence-corrected chi connectivity index (χ4v) is 2.46. The normalized spacial score (nSPS) is 10.9. The minimum Gasteiger partial charge on any atom is -0.452 e. The quantitative estimate of drug-likeness (QED) is 0.542. The lowest BCUT2D eigenvalue weighted by Gasteiger charge is -2.09. The van der Waals surface area contributed by atoms with E-state index in [0.29, 0.717) is 21.6 Å². The number of hydrogen-bond acceptors (Lipinski definition) is 5. The molecule has 0 atom stereocenters. The highest BCUT2D eigenvalue weighted by Crippen LogP contribution is 2.23. The summed E-state index contributed by atoms with van der Waals surface area (Å²) in [7, 11) is 1.66. The molecule has 0 aliphatic carbocycles. The molecule has 2 aromatic heterocycles. The molecule has 0 fully saturated rings. The van der Waals surface area contributed by atoms with Gasteiger partial charge in [0.25, 0.3) is 5.56 Å². The summed E-state index contributed by atoms with van der Waals surface area (Å²) in [6, 6.07) is 8.47. The van der Waals surface area contributed by atoms with Crippen LogP contribution in [-0.4, -0.2) is 20.8 Å². The van der Waals surface area contributed by atoms with Gasteiger partial charge in [-0.15, -0.1) is 0 Å². The van der Waals surface area contributed by atoms with Crippen molar-refractivity contribution in [3.63, 3.8) is 0 Å².